The lowest BCUT2D eigenvalue weighted by Crippen LogP contribution is -2.31. The number of nitrogens with one attached hydrogen (secondary N) is 1. The van der Waals surface area contributed by atoms with Crippen LogP contribution in [0.4, 0.5) is 5.69 Å². The maximum absolute atomic E-state index is 12.4. The Labute approximate surface area is 161 Å². The molecule has 1 aliphatic carbocycles. The monoisotopic (exact) mass is 361 g/mol. The van der Waals surface area contributed by atoms with Crippen molar-refractivity contribution in [3.8, 4) is 0 Å². The lowest BCUT2D eigenvalue weighted by molar-refractivity contribution is -0.146. The number of rotatable bonds is 5. The predicted octanol–water partition coefficient (Wildman–Crippen LogP) is 4.97. The van der Waals surface area contributed by atoms with Gasteiger partial charge in [0.05, 0.1) is 12.0 Å². The molecular formula is C24H27NO2. The average Bonchev–Trinajstić information content (AvgIpc) is 3.10. The van der Waals surface area contributed by atoms with Crippen molar-refractivity contribution in [2.45, 2.75) is 39.7 Å². The van der Waals surface area contributed by atoms with Crippen LogP contribution >= 0.6 is 0 Å². The van der Waals surface area contributed by atoms with E-state index in [4.69, 9.17) is 4.74 Å². The molecule has 2 unspecified atom stereocenters. The van der Waals surface area contributed by atoms with Crippen molar-refractivity contribution in [3.05, 3.63) is 76.9 Å². The number of cyclic esters (lactones) is 1. The van der Waals surface area contributed by atoms with E-state index in [0.29, 0.717) is 12.5 Å². The summed E-state index contributed by atoms with van der Waals surface area (Å²) in [7, 11) is 0. The van der Waals surface area contributed by atoms with Crippen molar-refractivity contribution < 1.29 is 9.53 Å². The maximum Gasteiger partial charge on any atom is 0.313 e. The van der Waals surface area contributed by atoms with E-state index in [2.05, 4.69) is 68.2 Å². The van der Waals surface area contributed by atoms with Gasteiger partial charge in [0.1, 0.15) is 0 Å². The number of ether oxygens (including phenoxy) is 1. The zero-order valence-corrected chi connectivity index (χ0v) is 16.2. The summed E-state index contributed by atoms with van der Waals surface area (Å²) in [5, 5.41) is 3.50. The Morgan fingerprint density at radius 1 is 1.19 bits per heavy atom. The summed E-state index contributed by atoms with van der Waals surface area (Å²) in [6.45, 7) is 9.75. The molecule has 1 saturated carbocycles. The van der Waals surface area contributed by atoms with Gasteiger partial charge in [-0.1, -0.05) is 48.0 Å². The molecule has 0 aromatic heterocycles. The fourth-order valence-electron chi connectivity index (χ4n) is 4.61. The van der Waals surface area contributed by atoms with Gasteiger partial charge in [-0.3, -0.25) is 4.79 Å². The van der Waals surface area contributed by atoms with Crippen LogP contribution in [0.1, 0.15) is 35.1 Å². The standard InChI is InChI=1S/C24H27NO2/c1-16-4-7-20(18(3)10-16)14-25-22-8-5-19(6-9-22)13-24-12-17(2)11-21(24)15-27-23(24)26/h4-10,21,25H,2,11-15H2,1,3H3. The van der Waals surface area contributed by atoms with Crippen molar-refractivity contribution in [1.29, 1.82) is 0 Å². The molecule has 2 aromatic rings. The average molecular weight is 361 g/mol. The van der Waals surface area contributed by atoms with Gasteiger partial charge in [0.15, 0.2) is 0 Å². The van der Waals surface area contributed by atoms with Crippen LogP contribution in [0.5, 0.6) is 0 Å². The minimum absolute atomic E-state index is 0.0387. The van der Waals surface area contributed by atoms with Crippen LogP contribution in [0.3, 0.4) is 0 Å². The number of esters is 1. The number of allylic oxidation sites excluding steroid dienone is 1. The Hall–Kier alpha value is -2.55. The first-order valence-corrected chi connectivity index (χ1v) is 9.69. The molecule has 1 aliphatic heterocycles. The van der Waals surface area contributed by atoms with Gasteiger partial charge in [0.25, 0.3) is 0 Å². The zero-order valence-electron chi connectivity index (χ0n) is 16.2. The summed E-state index contributed by atoms with van der Waals surface area (Å²) in [5.41, 5.74) is 6.99. The molecule has 0 spiro atoms. The molecule has 2 atom stereocenters. The predicted molar refractivity (Wildman–Crippen MR) is 109 cm³/mol. The van der Waals surface area contributed by atoms with E-state index in [1.165, 1.54) is 27.8 Å². The van der Waals surface area contributed by atoms with Crippen LogP contribution < -0.4 is 5.32 Å². The topological polar surface area (TPSA) is 38.3 Å². The minimum Gasteiger partial charge on any atom is -0.465 e. The molecule has 0 bridgehead atoms. The first-order valence-electron chi connectivity index (χ1n) is 9.69. The van der Waals surface area contributed by atoms with Crippen LogP contribution in [0, 0.1) is 25.2 Å². The Kier molecular flexibility index (Phi) is 4.55. The van der Waals surface area contributed by atoms with Gasteiger partial charge in [-0.15, -0.1) is 0 Å². The minimum atomic E-state index is -0.384. The number of benzene rings is 2. The highest BCUT2D eigenvalue weighted by molar-refractivity contribution is 5.81. The second-order valence-electron chi connectivity index (χ2n) is 8.24. The van der Waals surface area contributed by atoms with Crippen LogP contribution in [0.25, 0.3) is 0 Å². The number of carbonyl (C=O) groups is 1. The third kappa shape index (κ3) is 3.39. The number of aryl methyl sites for hydroxylation is 2. The van der Waals surface area contributed by atoms with Gasteiger partial charge in [0.2, 0.25) is 0 Å². The highest BCUT2D eigenvalue weighted by Crippen LogP contribution is 2.52. The molecule has 2 aromatic carbocycles. The van der Waals surface area contributed by atoms with Crippen LogP contribution in [0.15, 0.2) is 54.6 Å². The molecule has 2 fully saturated rings. The highest BCUT2D eigenvalue weighted by atomic mass is 16.5. The van der Waals surface area contributed by atoms with E-state index in [1.54, 1.807) is 0 Å². The SMILES string of the molecule is C=C1CC2COC(=O)C2(Cc2ccc(NCc3ccc(C)cc3C)cc2)C1. The summed E-state index contributed by atoms with van der Waals surface area (Å²) < 4.78 is 5.38. The summed E-state index contributed by atoms with van der Waals surface area (Å²) in [5.74, 6) is 0.253. The van der Waals surface area contributed by atoms with Crippen LogP contribution in [-0.4, -0.2) is 12.6 Å². The molecule has 1 saturated heterocycles. The second kappa shape index (κ2) is 6.88. The molecule has 2 aliphatic rings. The third-order valence-electron chi connectivity index (χ3n) is 6.16. The Bertz CT molecular complexity index is 884. The molecule has 4 rings (SSSR count). The molecule has 1 heterocycles. The van der Waals surface area contributed by atoms with Crippen molar-refractivity contribution in [2.75, 3.05) is 11.9 Å². The Morgan fingerprint density at radius 3 is 2.70 bits per heavy atom. The molecule has 3 nitrogen and oxygen atoms in total. The van der Waals surface area contributed by atoms with Gasteiger partial charge in [-0.05, 0) is 61.9 Å². The van der Waals surface area contributed by atoms with E-state index in [-0.39, 0.29) is 11.4 Å². The van der Waals surface area contributed by atoms with Gasteiger partial charge < -0.3 is 10.1 Å². The molecule has 140 valence electrons. The van der Waals surface area contributed by atoms with E-state index >= 15 is 0 Å². The number of carbonyl (C=O) groups excluding carboxylic acids is 1. The smallest absolute Gasteiger partial charge is 0.313 e. The van der Waals surface area contributed by atoms with Crippen molar-refractivity contribution in [2.24, 2.45) is 11.3 Å². The molecular weight excluding hydrogens is 334 g/mol. The fourth-order valence-corrected chi connectivity index (χ4v) is 4.61. The van der Waals surface area contributed by atoms with Gasteiger partial charge in [0, 0.05) is 18.2 Å². The van der Waals surface area contributed by atoms with Crippen LogP contribution in [-0.2, 0) is 22.5 Å². The number of anilines is 1. The van der Waals surface area contributed by atoms with Gasteiger partial charge >= 0.3 is 5.97 Å². The molecule has 1 N–H and O–H groups in total. The number of hydrogen-bond donors (Lipinski definition) is 1. The first-order chi connectivity index (χ1) is 13.0. The molecule has 27 heavy (non-hydrogen) atoms. The Morgan fingerprint density at radius 2 is 1.96 bits per heavy atom. The second-order valence-corrected chi connectivity index (χ2v) is 8.24. The van der Waals surface area contributed by atoms with Crippen LogP contribution in [0.2, 0.25) is 0 Å². The normalized spacial score (nSPS) is 24.0. The lowest BCUT2D eigenvalue weighted by Gasteiger charge is -2.24. The summed E-state index contributed by atoms with van der Waals surface area (Å²) in [4.78, 5) is 12.4. The highest BCUT2D eigenvalue weighted by Gasteiger charge is 2.55. The van der Waals surface area contributed by atoms with E-state index in [0.717, 1.165) is 31.5 Å². The van der Waals surface area contributed by atoms with Crippen molar-refractivity contribution in [1.82, 2.24) is 0 Å². The van der Waals surface area contributed by atoms with Crippen molar-refractivity contribution in [3.63, 3.8) is 0 Å². The number of fused-ring (bicyclic) bond motifs is 1. The molecule has 0 amide bonds. The third-order valence-corrected chi connectivity index (χ3v) is 6.16. The fraction of sp³-hybridized carbons (Fsp3) is 0.375. The Balaban J connectivity index is 1.43. The summed E-state index contributed by atoms with van der Waals surface area (Å²) in [6, 6.07) is 15.0. The first kappa shape index (κ1) is 17.8. The molecule has 0 radical (unpaired) electrons. The van der Waals surface area contributed by atoms with Crippen molar-refractivity contribution >= 4 is 11.7 Å². The largest absolute Gasteiger partial charge is 0.465 e. The van der Waals surface area contributed by atoms with E-state index in [1.807, 2.05) is 0 Å². The van der Waals surface area contributed by atoms with Gasteiger partial charge in [-0.2, -0.15) is 0 Å². The van der Waals surface area contributed by atoms with Gasteiger partial charge in [-0.25, -0.2) is 0 Å². The van der Waals surface area contributed by atoms with E-state index in [9.17, 15) is 4.79 Å². The molecule has 3 heteroatoms. The summed E-state index contributed by atoms with van der Waals surface area (Å²) >= 11 is 0. The number of hydrogen-bond acceptors (Lipinski definition) is 3. The quantitative estimate of drug-likeness (QED) is 0.604. The lowest BCUT2D eigenvalue weighted by atomic mass is 9.75. The summed E-state index contributed by atoms with van der Waals surface area (Å²) in [6.07, 6.45) is 2.43. The zero-order chi connectivity index (χ0) is 19.0. The van der Waals surface area contributed by atoms with E-state index < -0.39 is 0 Å². The maximum atomic E-state index is 12.4.